The molecular formula is C16H23NO. The van der Waals surface area contributed by atoms with Crippen LogP contribution < -0.4 is 0 Å². The third-order valence-electron chi connectivity index (χ3n) is 3.90. The Morgan fingerprint density at radius 2 is 1.50 bits per heavy atom. The van der Waals surface area contributed by atoms with Crippen LogP contribution in [0.4, 0.5) is 0 Å². The maximum absolute atomic E-state index is 11.9. The van der Waals surface area contributed by atoms with Gasteiger partial charge in [-0.25, -0.2) is 0 Å². The number of hydrogen-bond donors (Lipinski definition) is 0. The van der Waals surface area contributed by atoms with E-state index in [1.807, 2.05) is 6.07 Å². The molecule has 1 fully saturated rings. The zero-order valence-corrected chi connectivity index (χ0v) is 11.9. The van der Waals surface area contributed by atoms with E-state index in [1.165, 1.54) is 5.56 Å². The van der Waals surface area contributed by atoms with Crippen LogP contribution in [0.3, 0.4) is 0 Å². The Labute approximate surface area is 110 Å². The number of carbonyl (C=O) groups is 1. The third kappa shape index (κ3) is 2.64. The summed E-state index contributed by atoms with van der Waals surface area (Å²) in [6, 6.07) is 10.5. The van der Waals surface area contributed by atoms with Crippen LogP contribution in [-0.4, -0.2) is 21.8 Å². The lowest BCUT2D eigenvalue weighted by Crippen LogP contribution is -2.60. The molecule has 0 aromatic heterocycles. The zero-order valence-electron chi connectivity index (χ0n) is 11.9. The molecule has 0 N–H and O–H groups in total. The summed E-state index contributed by atoms with van der Waals surface area (Å²) in [5.41, 5.74) is 1.19. The Kier molecular flexibility index (Phi) is 3.33. The summed E-state index contributed by atoms with van der Waals surface area (Å²) in [6.07, 6.45) is 1.31. The van der Waals surface area contributed by atoms with Gasteiger partial charge in [0.2, 0.25) is 0 Å². The Hall–Kier alpha value is -1.15. The Balaban J connectivity index is 2.26. The summed E-state index contributed by atoms with van der Waals surface area (Å²) >= 11 is 0. The number of piperidine rings is 1. The maximum atomic E-state index is 11.9. The van der Waals surface area contributed by atoms with Crippen LogP contribution in [0.15, 0.2) is 30.3 Å². The van der Waals surface area contributed by atoms with Gasteiger partial charge in [-0.3, -0.25) is 9.69 Å². The number of hydrogen-bond acceptors (Lipinski definition) is 2. The number of rotatable bonds is 2. The van der Waals surface area contributed by atoms with Gasteiger partial charge in [0.05, 0.1) is 0 Å². The molecule has 1 aliphatic heterocycles. The molecule has 18 heavy (non-hydrogen) atoms. The molecule has 0 unspecified atom stereocenters. The second-order valence-electron chi connectivity index (χ2n) is 6.59. The molecule has 2 rings (SSSR count). The van der Waals surface area contributed by atoms with Crippen LogP contribution in [0.1, 0.15) is 46.1 Å². The smallest absolute Gasteiger partial charge is 0.136 e. The van der Waals surface area contributed by atoms with Crippen molar-refractivity contribution in [1.82, 2.24) is 4.90 Å². The normalized spacial score (nSPS) is 23.0. The van der Waals surface area contributed by atoms with Gasteiger partial charge in [0.1, 0.15) is 5.78 Å². The maximum Gasteiger partial charge on any atom is 0.136 e. The summed E-state index contributed by atoms with van der Waals surface area (Å²) in [4.78, 5) is 14.3. The van der Waals surface area contributed by atoms with E-state index in [1.54, 1.807) is 0 Å². The molecule has 0 amide bonds. The van der Waals surface area contributed by atoms with E-state index < -0.39 is 0 Å². The van der Waals surface area contributed by atoms with Crippen LogP contribution in [0.2, 0.25) is 0 Å². The second kappa shape index (κ2) is 4.51. The Morgan fingerprint density at radius 3 is 2.00 bits per heavy atom. The van der Waals surface area contributed by atoms with Crippen molar-refractivity contribution in [2.24, 2.45) is 0 Å². The van der Waals surface area contributed by atoms with Crippen LogP contribution in [0.5, 0.6) is 0 Å². The molecule has 0 bridgehead atoms. The molecule has 0 spiro atoms. The standard InChI is InChI=1S/C16H23NO/c1-15(2)10-14(18)11-16(3,4)17(15)12-13-8-6-5-7-9-13/h5-9H,10-12H2,1-4H3. The molecule has 98 valence electrons. The van der Waals surface area contributed by atoms with Crippen LogP contribution >= 0.6 is 0 Å². The lowest BCUT2D eigenvalue weighted by molar-refractivity contribution is -0.134. The summed E-state index contributed by atoms with van der Waals surface area (Å²) in [5.74, 6) is 0.384. The van der Waals surface area contributed by atoms with Crippen molar-refractivity contribution in [3.05, 3.63) is 35.9 Å². The number of Topliss-reactive ketones (excluding diaryl/α,β-unsaturated/α-hetero) is 1. The van der Waals surface area contributed by atoms with Gasteiger partial charge < -0.3 is 0 Å². The average Bonchev–Trinajstić information content (AvgIpc) is 2.23. The van der Waals surface area contributed by atoms with Gasteiger partial charge in [0.15, 0.2) is 0 Å². The van der Waals surface area contributed by atoms with Gasteiger partial charge in [0, 0.05) is 30.5 Å². The van der Waals surface area contributed by atoms with Gasteiger partial charge in [-0.2, -0.15) is 0 Å². The first-order valence-corrected chi connectivity index (χ1v) is 6.65. The minimum atomic E-state index is -0.0608. The molecule has 1 saturated heterocycles. The SMILES string of the molecule is CC1(C)CC(=O)CC(C)(C)N1Cc1ccccc1. The largest absolute Gasteiger partial charge is 0.300 e. The van der Waals surface area contributed by atoms with E-state index >= 15 is 0 Å². The van der Waals surface area contributed by atoms with Gasteiger partial charge in [-0.05, 0) is 33.3 Å². The molecule has 2 nitrogen and oxygen atoms in total. The summed E-state index contributed by atoms with van der Waals surface area (Å²) in [6.45, 7) is 9.61. The Bertz CT molecular complexity index is 414. The second-order valence-corrected chi connectivity index (χ2v) is 6.59. The van der Waals surface area contributed by atoms with E-state index in [-0.39, 0.29) is 11.1 Å². The Morgan fingerprint density at radius 1 is 1.00 bits per heavy atom. The highest BCUT2D eigenvalue weighted by Crippen LogP contribution is 2.37. The quantitative estimate of drug-likeness (QED) is 0.796. The van der Waals surface area contributed by atoms with E-state index in [0.717, 1.165) is 6.54 Å². The number of benzene rings is 1. The zero-order chi connectivity index (χ0) is 13.4. The summed E-state index contributed by atoms with van der Waals surface area (Å²) < 4.78 is 0. The van der Waals surface area contributed by atoms with Crippen molar-refractivity contribution in [3.8, 4) is 0 Å². The molecule has 1 aromatic carbocycles. The molecule has 1 aliphatic rings. The minimum Gasteiger partial charge on any atom is -0.300 e. The fourth-order valence-corrected chi connectivity index (χ4v) is 3.23. The molecule has 0 saturated carbocycles. The van der Waals surface area contributed by atoms with Crippen molar-refractivity contribution in [2.45, 2.75) is 58.2 Å². The molecule has 0 aliphatic carbocycles. The fraction of sp³-hybridized carbons (Fsp3) is 0.562. The van der Waals surface area contributed by atoms with Gasteiger partial charge in [0.25, 0.3) is 0 Å². The summed E-state index contributed by atoms with van der Waals surface area (Å²) in [5, 5.41) is 0. The minimum absolute atomic E-state index is 0.0608. The molecular weight excluding hydrogens is 222 g/mol. The molecule has 1 heterocycles. The third-order valence-corrected chi connectivity index (χ3v) is 3.90. The first-order chi connectivity index (χ1) is 8.31. The first-order valence-electron chi connectivity index (χ1n) is 6.65. The van der Waals surface area contributed by atoms with Gasteiger partial charge in [-0.1, -0.05) is 30.3 Å². The van der Waals surface area contributed by atoms with Crippen molar-refractivity contribution in [1.29, 1.82) is 0 Å². The highest BCUT2D eigenvalue weighted by Gasteiger charge is 2.44. The molecule has 0 atom stereocenters. The predicted molar refractivity (Wildman–Crippen MR) is 74.4 cm³/mol. The number of ketones is 1. The van der Waals surface area contributed by atoms with Crippen molar-refractivity contribution in [2.75, 3.05) is 0 Å². The predicted octanol–water partition coefficient (Wildman–Crippen LogP) is 3.41. The average molecular weight is 245 g/mol. The number of nitrogens with zero attached hydrogens (tertiary/aromatic N) is 1. The summed E-state index contributed by atoms with van der Waals surface area (Å²) in [7, 11) is 0. The van der Waals surface area contributed by atoms with Crippen LogP contribution in [0, 0.1) is 0 Å². The van der Waals surface area contributed by atoms with Crippen molar-refractivity contribution >= 4 is 5.78 Å². The van der Waals surface area contributed by atoms with Crippen LogP contribution in [0.25, 0.3) is 0 Å². The monoisotopic (exact) mass is 245 g/mol. The highest BCUT2D eigenvalue weighted by molar-refractivity contribution is 5.81. The lowest BCUT2D eigenvalue weighted by Gasteiger charge is -2.52. The topological polar surface area (TPSA) is 20.3 Å². The van der Waals surface area contributed by atoms with Gasteiger partial charge in [-0.15, -0.1) is 0 Å². The first kappa shape index (κ1) is 13.3. The van der Waals surface area contributed by atoms with Crippen LogP contribution in [-0.2, 0) is 11.3 Å². The van der Waals surface area contributed by atoms with E-state index in [2.05, 4.69) is 56.9 Å². The molecule has 0 radical (unpaired) electrons. The van der Waals surface area contributed by atoms with Gasteiger partial charge >= 0.3 is 0 Å². The van der Waals surface area contributed by atoms with E-state index in [0.29, 0.717) is 18.6 Å². The molecule has 2 heteroatoms. The number of likely N-dealkylation sites (tertiary alicyclic amines) is 1. The molecule has 1 aromatic rings. The fourth-order valence-electron chi connectivity index (χ4n) is 3.23. The highest BCUT2D eigenvalue weighted by atomic mass is 16.1. The van der Waals surface area contributed by atoms with E-state index in [4.69, 9.17) is 0 Å². The number of carbonyl (C=O) groups excluding carboxylic acids is 1. The van der Waals surface area contributed by atoms with Crippen molar-refractivity contribution in [3.63, 3.8) is 0 Å². The van der Waals surface area contributed by atoms with E-state index in [9.17, 15) is 4.79 Å². The van der Waals surface area contributed by atoms with Crippen molar-refractivity contribution < 1.29 is 4.79 Å². The lowest BCUT2D eigenvalue weighted by atomic mass is 9.78.